The molecule has 22 heavy (non-hydrogen) atoms. The van der Waals surface area contributed by atoms with Crippen molar-refractivity contribution in [3.8, 4) is 0 Å². The number of hydrogen-bond donors (Lipinski definition) is 0. The van der Waals surface area contributed by atoms with Gasteiger partial charge in [-0.2, -0.15) is 5.10 Å². The number of hydrogen-bond acceptors (Lipinski definition) is 2. The summed E-state index contributed by atoms with van der Waals surface area (Å²) in [5.41, 5.74) is 1.75. The third kappa shape index (κ3) is 2.68. The van der Waals surface area contributed by atoms with Crippen LogP contribution in [0.25, 0.3) is 0 Å². The average Bonchev–Trinajstić information content (AvgIpc) is 2.77. The van der Waals surface area contributed by atoms with Crippen LogP contribution in [0.4, 0.5) is 0 Å². The molecule has 122 valence electrons. The molecule has 2 fully saturated rings. The maximum absolute atomic E-state index is 13.0. The van der Waals surface area contributed by atoms with Crippen LogP contribution in [-0.4, -0.2) is 33.2 Å². The number of likely N-dealkylation sites (tertiary alicyclic amines) is 1. The second-order valence-corrected chi connectivity index (χ2v) is 7.01. The van der Waals surface area contributed by atoms with Crippen LogP contribution in [0.3, 0.4) is 0 Å². The minimum absolute atomic E-state index is 0.204. The van der Waals surface area contributed by atoms with Crippen molar-refractivity contribution in [2.24, 2.45) is 5.92 Å². The molecule has 4 nitrogen and oxygen atoms in total. The number of amides is 1. The van der Waals surface area contributed by atoms with E-state index in [9.17, 15) is 4.79 Å². The summed E-state index contributed by atoms with van der Waals surface area (Å²) in [6, 6.07) is 2.80. The lowest BCUT2D eigenvalue weighted by Gasteiger charge is -2.47. The Morgan fingerprint density at radius 3 is 2.73 bits per heavy atom. The molecule has 1 aliphatic heterocycles. The fourth-order valence-corrected chi connectivity index (χ4v) is 4.21. The summed E-state index contributed by atoms with van der Waals surface area (Å²) in [4.78, 5) is 15.1. The minimum atomic E-state index is 0.204. The van der Waals surface area contributed by atoms with Gasteiger partial charge in [-0.25, -0.2) is 0 Å². The summed E-state index contributed by atoms with van der Waals surface area (Å²) >= 11 is 0. The summed E-state index contributed by atoms with van der Waals surface area (Å²) in [5, 5.41) is 4.61. The Labute approximate surface area is 133 Å². The first-order valence-corrected chi connectivity index (χ1v) is 9.02. The molecule has 0 bridgehead atoms. The Kier molecular flexibility index (Phi) is 4.55. The molecule has 0 aromatic carbocycles. The van der Waals surface area contributed by atoms with Crippen molar-refractivity contribution in [2.75, 3.05) is 6.54 Å². The first-order chi connectivity index (χ1) is 10.7. The van der Waals surface area contributed by atoms with Crippen LogP contribution in [0.15, 0.2) is 6.07 Å². The second-order valence-electron chi connectivity index (χ2n) is 7.01. The predicted octanol–water partition coefficient (Wildman–Crippen LogP) is 3.96. The zero-order chi connectivity index (χ0) is 15.7. The second kappa shape index (κ2) is 6.43. The average molecular weight is 303 g/mol. The van der Waals surface area contributed by atoms with E-state index < -0.39 is 0 Å². The zero-order valence-electron chi connectivity index (χ0n) is 14.2. The van der Waals surface area contributed by atoms with Gasteiger partial charge >= 0.3 is 0 Å². The Morgan fingerprint density at radius 1 is 1.27 bits per heavy atom. The highest BCUT2D eigenvalue weighted by molar-refractivity contribution is 5.93. The highest BCUT2D eigenvalue weighted by atomic mass is 16.2. The molecular weight excluding hydrogens is 274 g/mol. The van der Waals surface area contributed by atoms with Gasteiger partial charge in [0.05, 0.1) is 11.7 Å². The molecule has 2 atom stereocenters. The largest absolute Gasteiger partial charge is 0.334 e. The number of nitrogens with zero attached hydrogens (tertiary/aromatic N) is 3. The Hall–Kier alpha value is -1.32. The van der Waals surface area contributed by atoms with Gasteiger partial charge in [0.2, 0.25) is 0 Å². The van der Waals surface area contributed by atoms with Crippen molar-refractivity contribution >= 4 is 5.91 Å². The molecule has 0 radical (unpaired) electrons. The first kappa shape index (κ1) is 15.6. The van der Waals surface area contributed by atoms with Gasteiger partial charge in [-0.05, 0) is 44.6 Å². The summed E-state index contributed by atoms with van der Waals surface area (Å²) in [5.74, 6) is 0.952. The zero-order valence-corrected chi connectivity index (χ0v) is 14.2. The van der Waals surface area contributed by atoms with Crippen molar-refractivity contribution in [3.05, 3.63) is 17.5 Å². The van der Waals surface area contributed by atoms with Gasteiger partial charge in [0, 0.05) is 12.6 Å². The molecule has 3 rings (SSSR count). The van der Waals surface area contributed by atoms with E-state index in [4.69, 9.17) is 0 Å². The molecule has 2 unspecified atom stereocenters. The number of carbonyl (C=O) groups is 1. The number of aromatic nitrogens is 2. The van der Waals surface area contributed by atoms with Crippen LogP contribution >= 0.6 is 0 Å². The Bertz CT molecular complexity index is 532. The van der Waals surface area contributed by atoms with Gasteiger partial charge in [-0.3, -0.25) is 9.48 Å². The van der Waals surface area contributed by atoms with E-state index in [0.29, 0.717) is 12.1 Å². The minimum Gasteiger partial charge on any atom is -0.334 e. The number of aryl methyl sites for hydroxylation is 1. The molecule has 1 saturated heterocycles. The van der Waals surface area contributed by atoms with E-state index in [1.54, 1.807) is 0 Å². The van der Waals surface area contributed by atoms with Gasteiger partial charge in [-0.1, -0.05) is 33.1 Å². The number of carbonyl (C=O) groups excluding carboxylic acids is 1. The van der Waals surface area contributed by atoms with Gasteiger partial charge in [0.15, 0.2) is 0 Å². The van der Waals surface area contributed by atoms with Gasteiger partial charge < -0.3 is 4.90 Å². The monoisotopic (exact) mass is 303 g/mol. The van der Waals surface area contributed by atoms with Crippen LogP contribution in [0.5, 0.6) is 0 Å². The molecule has 1 amide bonds. The molecule has 1 saturated carbocycles. The maximum Gasteiger partial charge on any atom is 0.272 e. The normalized spacial score (nSPS) is 24.8. The molecule has 0 N–H and O–H groups in total. The first-order valence-electron chi connectivity index (χ1n) is 9.02. The van der Waals surface area contributed by atoms with Crippen LogP contribution < -0.4 is 0 Å². The molecule has 4 heteroatoms. The van der Waals surface area contributed by atoms with Crippen molar-refractivity contribution in [1.82, 2.24) is 14.7 Å². The van der Waals surface area contributed by atoms with Crippen LogP contribution in [0, 0.1) is 12.8 Å². The Balaban J connectivity index is 1.81. The smallest absolute Gasteiger partial charge is 0.272 e. The fourth-order valence-electron chi connectivity index (χ4n) is 4.21. The van der Waals surface area contributed by atoms with Crippen LogP contribution in [0.2, 0.25) is 0 Å². The highest BCUT2D eigenvalue weighted by Gasteiger charge is 2.42. The molecular formula is C18H29N3O. The maximum atomic E-state index is 13.0. The molecule has 2 heterocycles. The third-order valence-electron chi connectivity index (χ3n) is 5.58. The molecule has 1 aromatic heterocycles. The molecule has 0 spiro atoms. The molecule has 1 aromatic rings. The highest BCUT2D eigenvalue weighted by Crippen LogP contribution is 2.37. The fraction of sp³-hybridized carbons (Fsp3) is 0.778. The van der Waals surface area contributed by atoms with Crippen molar-refractivity contribution in [2.45, 2.75) is 77.8 Å². The summed E-state index contributed by atoms with van der Waals surface area (Å²) in [6.45, 7) is 7.28. The molecule has 1 aliphatic carbocycles. The quantitative estimate of drug-likeness (QED) is 0.844. The lowest BCUT2D eigenvalue weighted by Crippen LogP contribution is -2.58. The van der Waals surface area contributed by atoms with E-state index in [1.165, 1.54) is 32.1 Å². The van der Waals surface area contributed by atoms with Gasteiger partial charge in [0.25, 0.3) is 5.91 Å². The van der Waals surface area contributed by atoms with Crippen molar-refractivity contribution in [3.63, 3.8) is 0 Å². The standard InChI is InChI=1S/C18H29N3O/c1-4-15(5-2)21-17(11-13(3)19-21)18(22)20-12-14-9-7-6-8-10-16(14)20/h11,14-16H,4-10,12H2,1-3H3. The summed E-state index contributed by atoms with van der Waals surface area (Å²) in [7, 11) is 0. The predicted molar refractivity (Wildman–Crippen MR) is 88.0 cm³/mol. The topological polar surface area (TPSA) is 38.1 Å². The van der Waals surface area contributed by atoms with Gasteiger partial charge in [-0.15, -0.1) is 0 Å². The molecule has 2 aliphatic rings. The number of fused-ring (bicyclic) bond motifs is 1. The van der Waals surface area contributed by atoms with E-state index in [2.05, 4.69) is 23.8 Å². The van der Waals surface area contributed by atoms with Crippen molar-refractivity contribution < 1.29 is 4.79 Å². The summed E-state index contributed by atoms with van der Waals surface area (Å²) in [6.07, 6.45) is 8.48. The Morgan fingerprint density at radius 2 is 2.00 bits per heavy atom. The van der Waals surface area contributed by atoms with E-state index in [0.717, 1.165) is 36.7 Å². The third-order valence-corrected chi connectivity index (χ3v) is 5.58. The van der Waals surface area contributed by atoms with Crippen molar-refractivity contribution in [1.29, 1.82) is 0 Å². The van der Waals surface area contributed by atoms with E-state index >= 15 is 0 Å². The van der Waals surface area contributed by atoms with Gasteiger partial charge in [0.1, 0.15) is 5.69 Å². The van der Waals surface area contributed by atoms with Crippen LogP contribution in [0.1, 0.15) is 81.0 Å². The number of rotatable bonds is 4. The van der Waals surface area contributed by atoms with E-state index in [1.807, 2.05) is 17.7 Å². The SMILES string of the molecule is CCC(CC)n1nc(C)cc1C(=O)N1CC2CCCCCC21. The van der Waals surface area contributed by atoms with E-state index in [-0.39, 0.29) is 5.91 Å². The lowest BCUT2D eigenvalue weighted by molar-refractivity contribution is 0.0110. The lowest BCUT2D eigenvalue weighted by atomic mass is 9.84. The van der Waals surface area contributed by atoms with Crippen LogP contribution in [-0.2, 0) is 0 Å². The summed E-state index contributed by atoms with van der Waals surface area (Å²) < 4.78 is 1.99.